The van der Waals surface area contributed by atoms with Crippen molar-refractivity contribution in [1.29, 1.82) is 0 Å². The Balaban J connectivity index is 2.00. The zero-order valence-electron chi connectivity index (χ0n) is 10.1. The largest absolute Gasteiger partial charge is 0.255 e. The van der Waals surface area contributed by atoms with E-state index in [1.165, 1.54) is 0 Å². The molecule has 2 aromatic carbocycles. The zero-order chi connectivity index (χ0) is 13.1. The van der Waals surface area contributed by atoms with Crippen molar-refractivity contribution in [2.24, 2.45) is 0 Å². The lowest BCUT2D eigenvalue weighted by Gasteiger charge is -1.98. The molecular formula is C17H10BrN. The van der Waals surface area contributed by atoms with Gasteiger partial charge in [0.15, 0.2) is 0 Å². The van der Waals surface area contributed by atoms with E-state index < -0.39 is 0 Å². The molecule has 0 atom stereocenters. The lowest BCUT2D eigenvalue weighted by Crippen LogP contribution is -1.81. The third-order valence-electron chi connectivity index (χ3n) is 2.77. The van der Waals surface area contributed by atoms with Gasteiger partial charge >= 0.3 is 0 Å². The second-order valence-electron chi connectivity index (χ2n) is 4.18. The molecule has 0 amide bonds. The maximum atomic E-state index is 4.35. The number of halogens is 1. The van der Waals surface area contributed by atoms with E-state index in [-0.39, 0.29) is 0 Å². The van der Waals surface area contributed by atoms with Gasteiger partial charge in [-0.05, 0) is 52.3 Å². The highest BCUT2D eigenvalue weighted by molar-refractivity contribution is 9.10. The van der Waals surface area contributed by atoms with E-state index in [1.54, 1.807) is 6.20 Å². The van der Waals surface area contributed by atoms with Crippen molar-refractivity contribution in [3.8, 4) is 11.8 Å². The van der Waals surface area contributed by atoms with E-state index in [9.17, 15) is 0 Å². The fourth-order valence-corrected chi connectivity index (χ4v) is 2.20. The van der Waals surface area contributed by atoms with Crippen LogP contribution in [0.5, 0.6) is 0 Å². The molecule has 0 fully saturated rings. The molecule has 0 bridgehead atoms. The van der Waals surface area contributed by atoms with Crippen LogP contribution >= 0.6 is 15.9 Å². The number of benzene rings is 2. The Labute approximate surface area is 120 Å². The molecule has 0 aliphatic carbocycles. The molecule has 0 N–H and O–H groups in total. The van der Waals surface area contributed by atoms with Crippen molar-refractivity contribution >= 4 is 26.8 Å². The van der Waals surface area contributed by atoms with Gasteiger partial charge in [-0.1, -0.05) is 30.0 Å². The van der Waals surface area contributed by atoms with Crippen molar-refractivity contribution in [3.63, 3.8) is 0 Å². The molecule has 1 aromatic heterocycles. The minimum atomic E-state index is 0.980. The fraction of sp³-hybridized carbons (Fsp3) is 0. The number of pyridine rings is 1. The SMILES string of the molecule is Brc1cnc2ccc(C#Cc3ccccc3)cc2c1. The number of rotatable bonds is 0. The quantitative estimate of drug-likeness (QED) is 0.561. The van der Waals surface area contributed by atoms with Gasteiger partial charge in [-0.3, -0.25) is 4.98 Å². The molecule has 0 saturated heterocycles. The maximum Gasteiger partial charge on any atom is 0.0703 e. The Morgan fingerprint density at radius 2 is 1.63 bits per heavy atom. The van der Waals surface area contributed by atoms with Crippen LogP contribution in [0.4, 0.5) is 0 Å². The topological polar surface area (TPSA) is 12.9 Å². The van der Waals surface area contributed by atoms with Crippen molar-refractivity contribution in [3.05, 3.63) is 76.4 Å². The van der Waals surface area contributed by atoms with Crippen LogP contribution in [0, 0.1) is 11.8 Å². The average Bonchev–Trinajstić information content (AvgIpc) is 2.46. The summed E-state index contributed by atoms with van der Waals surface area (Å²) in [5.74, 6) is 6.34. The molecule has 0 unspecified atom stereocenters. The van der Waals surface area contributed by atoms with Gasteiger partial charge in [-0.2, -0.15) is 0 Å². The minimum Gasteiger partial charge on any atom is -0.255 e. The summed E-state index contributed by atoms with van der Waals surface area (Å²) in [7, 11) is 0. The van der Waals surface area contributed by atoms with Crippen LogP contribution in [0.1, 0.15) is 11.1 Å². The highest BCUT2D eigenvalue weighted by Crippen LogP contribution is 2.18. The van der Waals surface area contributed by atoms with Crippen LogP contribution in [0.15, 0.2) is 65.3 Å². The zero-order valence-corrected chi connectivity index (χ0v) is 11.7. The Hall–Kier alpha value is -2.11. The first kappa shape index (κ1) is 12.0. The van der Waals surface area contributed by atoms with Gasteiger partial charge in [0, 0.05) is 27.2 Å². The first-order valence-corrected chi connectivity index (χ1v) is 6.73. The predicted octanol–water partition coefficient (Wildman–Crippen LogP) is 4.40. The number of hydrogen-bond donors (Lipinski definition) is 0. The molecule has 3 aromatic rings. The third-order valence-corrected chi connectivity index (χ3v) is 3.21. The number of fused-ring (bicyclic) bond motifs is 1. The fourth-order valence-electron chi connectivity index (χ4n) is 1.85. The Morgan fingerprint density at radius 3 is 2.47 bits per heavy atom. The molecule has 0 spiro atoms. The summed E-state index contributed by atoms with van der Waals surface area (Å²) in [6.45, 7) is 0. The minimum absolute atomic E-state index is 0.980. The Bertz CT molecular complexity index is 782. The van der Waals surface area contributed by atoms with Crippen molar-refractivity contribution in [2.45, 2.75) is 0 Å². The number of nitrogens with zero attached hydrogens (tertiary/aromatic N) is 1. The van der Waals surface area contributed by atoms with Gasteiger partial charge in [0.25, 0.3) is 0 Å². The summed E-state index contributed by atoms with van der Waals surface area (Å²) in [5.41, 5.74) is 3.00. The maximum absolute atomic E-state index is 4.35. The lowest BCUT2D eigenvalue weighted by atomic mass is 10.1. The van der Waals surface area contributed by atoms with Crippen molar-refractivity contribution in [2.75, 3.05) is 0 Å². The highest BCUT2D eigenvalue weighted by atomic mass is 79.9. The van der Waals surface area contributed by atoms with E-state index in [1.807, 2.05) is 42.5 Å². The smallest absolute Gasteiger partial charge is 0.0703 e. The molecule has 0 saturated carbocycles. The van der Waals surface area contributed by atoms with Gasteiger partial charge in [0.2, 0.25) is 0 Å². The van der Waals surface area contributed by atoms with E-state index in [0.717, 1.165) is 26.5 Å². The summed E-state index contributed by atoms with van der Waals surface area (Å²) in [6.07, 6.45) is 1.80. The summed E-state index contributed by atoms with van der Waals surface area (Å²) < 4.78 is 0.980. The van der Waals surface area contributed by atoms with E-state index in [0.29, 0.717) is 0 Å². The van der Waals surface area contributed by atoms with Crippen LogP contribution < -0.4 is 0 Å². The van der Waals surface area contributed by atoms with Gasteiger partial charge in [0.1, 0.15) is 0 Å². The lowest BCUT2D eigenvalue weighted by molar-refractivity contribution is 1.39. The van der Waals surface area contributed by atoms with Gasteiger partial charge in [0.05, 0.1) is 5.52 Å². The van der Waals surface area contributed by atoms with Gasteiger partial charge in [-0.25, -0.2) is 0 Å². The van der Waals surface area contributed by atoms with E-state index in [4.69, 9.17) is 0 Å². The number of hydrogen-bond acceptors (Lipinski definition) is 1. The Morgan fingerprint density at radius 1 is 0.842 bits per heavy atom. The summed E-state index contributed by atoms with van der Waals surface area (Å²) in [4.78, 5) is 4.35. The second-order valence-corrected chi connectivity index (χ2v) is 5.09. The molecule has 0 aliphatic heterocycles. The van der Waals surface area contributed by atoms with Gasteiger partial charge < -0.3 is 0 Å². The van der Waals surface area contributed by atoms with Crippen LogP contribution in [0.2, 0.25) is 0 Å². The normalized spacial score (nSPS) is 9.95. The first-order chi connectivity index (χ1) is 9.31. The van der Waals surface area contributed by atoms with Gasteiger partial charge in [-0.15, -0.1) is 0 Å². The van der Waals surface area contributed by atoms with Crippen LogP contribution in [0.25, 0.3) is 10.9 Å². The molecule has 0 aliphatic rings. The van der Waals surface area contributed by atoms with Crippen molar-refractivity contribution < 1.29 is 0 Å². The molecule has 2 heteroatoms. The molecule has 3 rings (SSSR count). The van der Waals surface area contributed by atoms with E-state index >= 15 is 0 Å². The molecule has 0 radical (unpaired) electrons. The van der Waals surface area contributed by atoms with Crippen LogP contribution in [0.3, 0.4) is 0 Å². The second kappa shape index (κ2) is 5.26. The van der Waals surface area contributed by atoms with E-state index in [2.05, 4.69) is 44.9 Å². The van der Waals surface area contributed by atoms with Crippen molar-refractivity contribution in [1.82, 2.24) is 4.98 Å². The predicted molar refractivity (Wildman–Crippen MR) is 81.9 cm³/mol. The first-order valence-electron chi connectivity index (χ1n) is 5.94. The summed E-state index contributed by atoms with van der Waals surface area (Å²) >= 11 is 3.43. The molecular weight excluding hydrogens is 298 g/mol. The number of aromatic nitrogens is 1. The highest BCUT2D eigenvalue weighted by Gasteiger charge is 1.96. The molecule has 90 valence electrons. The Kier molecular flexibility index (Phi) is 3.31. The monoisotopic (exact) mass is 307 g/mol. The standard InChI is InChI=1S/C17H10BrN/c18-16-11-15-10-14(8-9-17(15)19-12-16)7-6-13-4-2-1-3-5-13/h1-5,8-12H. The molecule has 1 nitrogen and oxygen atoms in total. The summed E-state index contributed by atoms with van der Waals surface area (Å²) in [6, 6.07) is 18.1. The van der Waals surface area contributed by atoms with Crippen LogP contribution in [-0.2, 0) is 0 Å². The average molecular weight is 308 g/mol. The molecule has 1 heterocycles. The third kappa shape index (κ3) is 2.83. The molecule has 19 heavy (non-hydrogen) atoms. The van der Waals surface area contributed by atoms with Crippen LogP contribution in [-0.4, -0.2) is 4.98 Å². The summed E-state index contributed by atoms with van der Waals surface area (Å²) in [5, 5.41) is 1.09.